The number of rotatable bonds is 1. The first-order chi connectivity index (χ1) is 10.7. The molecule has 0 radical (unpaired) electrons. The number of aromatic nitrogens is 3. The average Bonchev–Trinajstić information content (AvgIpc) is 2.87. The van der Waals surface area contributed by atoms with Gasteiger partial charge in [0.2, 0.25) is 0 Å². The first-order valence-electron chi connectivity index (χ1n) is 6.67. The van der Waals surface area contributed by atoms with E-state index >= 15 is 0 Å². The molecular weight excluding hydrogens is 285 g/mol. The second-order valence-electron chi connectivity index (χ2n) is 4.95. The van der Waals surface area contributed by atoms with E-state index in [2.05, 4.69) is 10.1 Å². The number of hydrogen-bond acceptors (Lipinski definition) is 2. The molecule has 0 spiro atoms. The summed E-state index contributed by atoms with van der Waals surface area (Å²) in [6, 6.07) is 12.9. The van der Waals surface area contributed by atoms with Gasteiger partial charge in [-0.25, -0.2) is 9.07 Å². The van der Waals surface area contributed by atoms with E-state index in [1.165, 1.54) is 18.2 Å². The van der Waals surface area contributed by atoms with Crippen molar-refractivity contribution < 1.29 is 4.39 Å². The number of pyridine rings is 1. The zero-order valence-corrected chi connectivity index (χ0v) is 11.3. The van der Waals surface area contributed by atoms with E-state index in [0.29, 0.717) is 10.9 Å². The van der Waals surface area contributed by atoms with Crippen molar-refractivity contribution in [1.29, 1.82) is 0 Å². The van der Waals surface area contributed by atoms with Gasteiger partial charge in [0.1, 0.15) is 17.0 Å². The number of nitrogens with zero attached hydrogens (tertiary/aromatic N) is 1. The third kappa shape index (κ3) is 1.64. The molecule has 0 aliphatic carbocycles. The molecular formula is C16H10FN3O2. The van der Waals surface area contributed by atoms with Gasteiger partial charge in [0.15, 0.2) is 0 Å². The van der Waals surface area contributed by atoms with Gasteiger partial charge in [-0.15, -0.1) is 0 Å². The van der Waals surface area contributed by atoms with E-state index in [9.17, 15) is 14.0 Å². The van der Waals surface area contributed by atoms with Crippen LogP contribution in [0.2, 0.25) is 0 Å². The van der Waals surface area contributed by atoms with Gasteiger partial charge in [-0.1, -0.05) is 30.3 Å². The van der Waals surface area contributed by atoms with Gasteiger partial charge in [0, 0.05) is 10.9 Å². The molecule has 0 fully saturated rings. The quantitative estimate of drug-likeness (QED) is 0.565. The number of halogens is 1. The lowest BCUT2D eigenvalue weighted by Gasteiger charge is -2.01. The molecule has 0 aliphatic heterocycles. The van der Waals surface area contributed by atoms with Gasteiger partial charge < -0.3 is 4.98 Å². The lowest BCUT2D eigenvalue weighted by molar-refractivity contribution is 0.609. The van der Waals surface area contributed by atoms with E-state index in [1.807, 2.05) is 0 Å². The Morgan fingerprint density at radius 2 is 1.68 bits per heavy atom. The summed E-state index contributed by atoms with van der Waals surface area (Å²) >= 11 is 0. The molecule has 0 unspecified atom stereocenters. The third-order valence-electron chi connectivity index (χ3n) is 3.66. The van der Waals surface area contributed by atoms with Crippen molar-refractivity contribution in [3.05, 3.63) is 75.1 Å². The second-order valence-corrected chi connectivity index (χ2v) is 4.95. The Balaban J connectivity index is 2.21. The Hall–Kier alpha value is -3.15. The monoisotopic (exact) mass is 295 g/mol. The molecule has 2 heterocycles. The summed E-state index contributed by atoms with van der Waals surface area (Å²) in [5.74, 6) is -0.545. The summed E-state index contributed by atoms with van der Waals surface area (Å²) in [4.78, 5) is 27.5. The summed E-state index contributed by atoms with van der Waals surface area (Å²) in [6.07, 6.45) is 0. The molecule has 2 N–H and O–H groups in total. The predicted molar refractivity (Wildman–Crippen MR) is 82.0 cm³/mol. The zero-order chi connectivity index (χ0) is 15.3. The normalized spacial score (nSPS) is 11.3. The van der Waals surface area contributed by atoms with Crippen LogP contribution in [0.15, 0.2) is 58.1 Å². The van der Waals surface area contributed by atoms with Crippen molar-refractivity contribution in [2.24, 2.45) is 0 Å². The van der Waals surface area contributed by atoms with E-state index in [1.54, 1.807) is 30.3 Å². The number of aromatic amines is 2. The molecule has 4 aromatic rings. The number of benzene rings is 2. The van der Waals surface area contributed by atoms with E-state index in [0.717, 1.165) is 4.68 Å². The van der Waals surface area contributed by atoms with Crippen molar-refractivity contribution in [2.75, 3.05) is 0 Å². The van der Waals surface area contributed by atoms with Crippen molar-refractivity contribution in [1.82, 2.24) is 14.8 Å². The van der Waals surface area contributed by atoms with Crippen LogP contribution >= 0.6 is 0 Å². The van der Waals surface area contributed by atoms with E-state index < -0.39 is 16.9 Å². The average molecular weight is 295 g/mol. The second kappa shape index (κ2) is 4.42. The Morgan fingerprint density at radius 1 is 0.955 bits per heavy atom. The highest BCUT2D eigenvalue weighted by molar-refractivity contribution is 6.03. The SMILES string of the molecule is O=c1[nH]c2ccccc2c2c(=O)n(-c3ccccc3F)[nH]c12. The van der Waals surface area contributed by atoms with Crippen LogP contribution in [0.3, 0.4) is 0 Å². The van der Waals surface area contributed by atoms with Crippen LogP contribution in [0, 0.1) is 5.82 Å². The summed E-state index contributed by atoms with van der Waals surface area (Å²) < 4.78 is 15.0. The summed E-state index contributed by atoms with van der Waals surface area (Å²) in [7, 11) is 0. The molecule has 0 bridgehead atoms. The highest BCUT2D eigenvalue weighted by Gasteiger charge is 2.16. The minimum atomic E-state index is -0.545. The Bertz CT molecular complexity index is 1140. The Morgan fingerprint density at radius 3 is 2.50 bits per heavy atom. The number of hydrogen-bond donors (Lipinski definition) is 2. The zero-order valence-electron chi connectivity index (χ0n) is 11.3. The van der Waals surface area contributed by atoms with Gasteiger partial charge in [-0.3, -0.25) is 14.7 Å². The van der Waals surface area contributed by atoms with Crippen LogP contribution < -0.4 is 11.1 Å². The van der Waals surface area contributed by atoms with Gasteiger partial charge in [0.05, 0.1) is 5.39 Å². The van der Waals surface area contributed by atoms with Crippen LogP contribution in [-0.4, -0.2) is 14.8 Å². The molecule has 0 saturated heterocycles. The number of para-hydroxylation sites is 2. The van der Waals surface area contributed by atoms with Crippen LogP contribution in [0.4, 0.5) is 4.39 Å². The number of H-pyrrole nitrogens is 2. The van der Waals surface area contributed by atoms with Crippen LogP contribution in [-0.2, 0) is 0 Å². The van der Waals surface area contributed by atoms with Crippen molar-refractivity contribution in [3.8, 4) is 5.69 Å². The molecule has 6 heteroatoms. The summed E-state index contributed by atoms with van der Waals surface area (Å²) in [5, 5.41) is 3.57. The first-order valence-corrected chi connectivity index (χ1v) is 6.67. The van der Waals surface area contributed by atoms with Crippen LogP contribution in [0.5, 0.6) is 0 Å². The molecule has 0 atom stereocenters. The molecule has 2 aromatic heterocycles. The molecule has 4 rings (SSSR count). The third-order valence-corrected chi connectivity index (χ3v) is 3.66. The van der Waals surface area contributed by atoms with Gasteiger partial charge in [-0.05, 0) is 18.2 Å². The molecule has 5 nitrogen and oxygen atoms in total. The molecule has 0 amide bonds. The van der Waals surface area contributed by atoms with Crippen LogP contribution in [0.1, 0.15) is 0 Å². The Labute approximate surface area is 122 Å². The van der Waals surface area contributed by atoms with E-state index in [-0.39, 0.29) is 16.6 Å². The van der Waals surface area contributed by atoms with Crippen molar-refractivity contribution >= 4 is 21.8 Å². The van der Waals surface area contributed by atoms with Crippen molar-refractivity contribution in [2.45, 2.75) is 0 Å². The maximum absolute atomic E-state index is 13.9. The largest absolute Gasteiger partial charge is 0.320 e. The van der Waals surface area contributed by atoms with Crippen LogP contribution in [0.25, 0.3) is 27.5 Å². The molecule has 108 valence electrons. The standard InChI is InChI=1S/C16H10FN3O2/c17-10-6-2-4-8-12(10)20-16(22)13-9-5-1-3-7-11(9)18-15(21)14(13)19-20/h1-8,19H,(H,18,21). The lowest BCUT2D eigenvalue weighted by atomic mass is 10.1. The smallest absolute Gasteiger partial charge is 0.280 e. The van der Waals surface area contributed by atoms with Crippen molar-refractivity contribution in [3.63, 3.8) is 0 Å². The molecule has 0 aliphatic rings. The topological polar surface area (TPSA) is 70.7 Å². The number of nitrogens with one attached hydrogen (secondary N) is 2. The van der Waals surface area contributed by atoms with E-state index in [4.69, 9.17) is 0 Å². The fourth-order valence-electron chi connectivity index (χ4n) is 2.65. The minimum absolute atomic E-state index is 0.0761. The lowest BCUT2D eigenvalue weighted by Crippen LogP contribution is -2.15. The maximum atomic E-state index is 13.9. The fourth-order valence-corrected chi connectivity index (χ4v) is 2.65. The fraction of sp³-hybridized carbons (Fsp3) is 0. The maximum Gasteiger partial charge on any atom is 0.280 e. The summed E-state index contributed by atoms with van der Waals surface area (Å²) in [5.41, 5.74) is -0.0980. The molecule has 22 heavy (non-hydrogen) atoms. The highest BCUT2D eigenvalue weighted by atomic mass is 19.1. The Kier molecular flexibility index (Phi) is 2.53. The summed E-state index contributed by atoms with van der Waals surface area (Å²) in [6.45, 7) is 0. The van der Waals surface area contributed by atoms with Gasteiger partial charge in [-0.2, -0.15) is 0 Å². The van der Waals surface area contributed by atoms with Gasteiger partial charge >= 0.3 is 0 Å². The highest BCUT2D eigenvalue weighted by Crippen LogP contribution is 2.18. The minimum Gasteiger partial charge on any atom is -0.320 e. The first kappa shape index (κ1) is 12.6. The predicted octanol–water partition coefficient (Wildman–Crippen LogP) is 2.30. The number of fused-ring (bicyclic) bond motifs is 3. The van der Waals surface area contributed by atoms with Gasteiger partial charge in [0.25, 0.3) is 11.1 Å². The molecule has 2 aromatic carbocycles. The molecule has 0 saturated carbocycles.